The molecule has 0 rings (SSSR count). The van der Waals surface area contributed by atoms with E-state index in [1.54, 1.807) is 0 Å². The number of nitrogens with one attached hydrogen (secondary N) is 2. The van der Waals surface area contributed by atoms with Crippen LogP contribution < -0.4 is 10.6 Å². The van der Waals surface area contributed by atoms with Crippen molar-refractivity contribution in [3.05, 3.63) is 0 Å². The second-order valence-electron chi connectivity index (χ2n) is 9.58. The monoisotopic (exact) mass is 838 g/mol. The average Bonchev–Trinajstić information content (AvgIpc) is 2.87. The lowest BCUT2D eigenvalue weighted by molar-refractivity contribution is -0.491. The quantitative estimate of drug-likeness (QED) is 0.134. The van der Waals surface area contributed by atoms with Gasteiger partial charge in [-0.25, -0.2) is 0 Å². The van der Waals surface area contributed by atoms with Crippen molar-refractivity contribution < 1.29 is 134 Å². The number of alkyl halides is 25. The Kier molecular flexibility index (Phi) is 14.2. The van der Waals surface area contributed by atoms with Crippen molar-refractivity contribution >= 4 is 11.8 Å². The number of ether oxygens (including phenoxy) is 3. The van der Waals surface area contributed by atoms with Crippen molar-refractivity contribution in [2.45, 2.75) is 85.4 Å². The van der Waals surface area contributed by atoms with Gasteiger partial charge < -0.3 is 20.1 Å². The zero-order valence-electron chi connectivity index (χ0n) is 24.0. The molecule has 0 aromatic rings. The summed E-state index contributed by atoms with van der Waals surface area (Å²) in [4.78, 5) is 23.3. The van der Waals surface area contributed by atoms with Gasteiger partial charge in [0.2, 0.25) is 12.2 Å². The molecule has 2 amide bonds. The van der Waals surface area contributed by atoms with Crippen LogP contribution in [-0.4, -0.2) is 117 Å². The fraction of sp³-hybridized carbons (Fsp3) is 0.900. The van der Waals surface area contributed by atoms with E-state index in [1.807, 2.05) is 4.74 Å². The van der Waals surface area contributed by atoms with Crippen molar-refractivity contribution in [3.63, 3.8) is 0 Å². The highest BCUT2D eigenvalue weighted by Crippen LogP contribution is 2.56. The molecule has 0 bridgehead atoms. The Bertz CT molecular complexity index is 1220. The van der Waals surface area contributed by atoms with Crippen LogP contribution in [0.3, 0.4) is 0 Å². The minimum Gasteiger partial charge on any atom is -0.378 e. The van der Waals surface area contributed by atoms with Crippen LogP contribution in [0.1, 0.15) is 6.92 Å². The average molecular weight is 838 g/mol. The van der Waals surface area contributed by atoms with Crippen LogP contribution >= 0.6 is 0 Å². The van der Waals surface area contributed by atoms with Gasteiger partial charge >= 0.3 is 66.3 Å². The van der Waals surface area contributed by atoms with Crippen molar-refractivity contribution in [1.82, 2.24) is 10.6 Å². The molecular weight excluding hydrogens is 823 g/mol. The zero-order chi connectivity index (χ0) is 42.2. The lowest BCUT2D eigenvalue weighted by atomic mass is 9.99. The van der Waals surface area contributed by atoms with E-state index in [2.05, 4.69) is 9.47 Å². The molecule has 0 fully saturated rings. The standard InChI is InChI=1S/C20H15F25N2O5/c1-10(21,22)15(32,33)11(23,24)8(14(29,30)31)51-6(13(26,27)28)7(48)46-2-4-50-5-3-47-9(49)12(25,18(37,38)39)52-17(36,20(43,44)45)16(34,35)19(40,41)42/h6,8H,2-5H2,1H3,(H,46,48)(H,47,49). The van der Waals surface area contributed by atoms with E-state index in [0.29, 0.717) is 5.32 Å². The predicted molar refractivity (Wildman–Crippen MR) is 110 cm³/mol. The Hall–Kier alpha value is -2.93. The first-order valence-corrected chi connectivity index (χ1v) is 12.2. The molecule has 0 aliphatic rings. The minimum atomic E-state index is -8.03. The highest BCUT2D eigenvalue weighted by molar-refractivity contribution is 5.84. The summed E-state index contributed by atoms with van der Waals surface area (Å²) in [6.07, 6.45) is -47.1. The summed E-state index contributed by atoms with van der Waals surface area (Å²) >= 11 is 0. The molecule has 0 saturated heterocycles. The van der Waals surface area contributed by atoms with E-state index >= 15 is 0 Å². The Morgan fingerprint density at radius 1 is 0.558 bits per heavy atom. The first kappa shape index (κ1) is 49.1. The lowest BCUT2D eigenvalue weighted by Crippen LogP contribution is -2.69. The summed E-state index contributed by atoms with van der Waals surface area (Å²) in [5.74, 6) is -50.1. The van der Waals surface area contributed by atoms with Gasteiger partial charge in [0, 0.05) is 20.0 Å². The molecule has 52 heavy (non-hydrogen) atoms. The third kappa shape index (κ3) is 10.2. The van der Waals surface area contributed by atoms with Crippen molar-refractivity contribution in [3.8, 4) is 0 Å². The van der Waals surface area contributed by atoms with Gasteiger partial charge in [0.15, 0.2) is 0 Å². The summed E-state index contributed by atoms with van der Waals surface area (Å²) in [6, 6.07) is 0. The fourth-order valence-corrected chi connectivity index (χ4v) is 2.95. The maximum atomic E-state index is 14.3. The molecule has 4 unspecified atom stereocenters. The van der Waals surface area contributed by atoms with Crippen molar-refractivity contribution in [2.24, 2.45) is 0 Å². The topological polar surface area (TPSA) is 85.9 Å². The van der Waals surface area contributed by atoms with Crippen LogP contribution in [0.25, 0.3) is 0 Å². The molecule has 0 saturated carbocycles. The van der Waals surface area contributed by atoms with Gasteiger partial charge in [-0.3, -0.25) is 14.3 Å². The molecule has 7 nitrogen and oxygen atoms in total. The third-order valence-corrected chi connectivity index (χ3v) is 5.54. The van der Waals surface area contributed by atoms with Gasteiger partial charge in [-0.05, 0) is 0 Å². The molecule has 310 valence electrons. The molecule has 32 heteroatoms. The summed E-state index contributed by atoms with van der Waals surface area (Å²) < 4.78 is 337. The summed E-state index contributed by atoms with van der Waals surface area (Å²) in [7, 11) is 0. The van der Waals surface area contributed by atoms with Gasteiger partial charge in [-0.15, -0.1) is 0 Å². The van der Waals surface area contributed by atoms with Crippen LogP contribution in [0.15, 0.2) is 0 Å². The number of rotatable bonds is 16. The second-order valence-corrected chi connectivity index (χ2v) is 9.58. The van der Waals surface area contributed by atoms with E-state index in [0.717, 1.165) is 5.32 Å². The van der Waals surface area contributed by atoms with E-state index in [9.17, 15) is 119 Å². The third-order valence-electron chi connectivity index (χ3n) is 5.54. The molecule has 0 radical (unpaired) electrons. The minimum absolute atomic E-state index is 0.512. The molecule has 0 aromatic heterocycles. The molecule has 0 spiro atoms. The Labute approximate surface area is 269 Å². The zero-order valence-corrected chi connectivity index (χ0v) is 24.0. The SMILES string of the molecule is CC(F)(F)C(F)(F)C(F)(F)C(OC(C(=O)NCCOCCNC(=O)C(F)(OC(F)(C(F)(F)F)C(F)(F)C(F)(F)F)C(F)(F)F)C(F)(F)F)C(F)(F)F. The highest BCUT2D eigenvalue weighted by atomic mass is 19.4. The van der Waals surface area contributed by atoms with E-state index in [4.69, 9.17) is 0 Å². The number of carbonyl (C=O) groups is 2. The van der Waals surface area contributed by atoms with E-state index < -0.39 is 124 Å². The van der Waals surface area contributed by atoms with Crippen LogP contribution in [0.2, 0.25) is 0 Å². The van der Waals surface area contributed by atoms with Gasteiger partial charge in [0.05, 0.1) is 13.2 Å². The molecule has 0 aromatic carbocycles. The lowest BCUT2D eigenvalue weighted by Gasteiger charge is -2.39. The first-order valence-electron chi connectivity index (χ1n) is 12.2. The normalized spacial score (nSPS) is 18.3. The maximum Gasteiger partial charge on any atom is 0.459 e. The molecule has 0 heterocycles. The van der Waals surface area contributed by atoms with Gasteiger partial charge in [0.25, 0.3) is 11.8 Å². The van der Waals surface area contributed by atoms with Crippen molar-refractivity contribution in [2.75, 3.05) is 26.3 Å². The number of hydrogen-bond donors (Lipinski definition) is 2. The fourth-order valence-electron chi connectivity index (χ4n) is 2.95. The predicted octanol–water partition coefficient (Wildman–Crippen LogP) is 6.71. The Morgan fingerprint density at radius 2 is 0.981 bits per heavy atom. The highest BCUT2D eigenvalue weighted by Gasteiger charge is 2.86. The molecule has 0 aliphatic heterocycles. The smallest absolute Gasteiger partial charge is 0.378 e. The Balaban J connectivity index is 5.75. The number of carbonyl (C=O) groups excluding carboxylic acids is 2. The van der Waals surface area contributed by atoms with Crippen LogP contribution in [0.4, 0.5) is 110 Å². The van der Waals surface area contributed by atoms with E-state index in [1.165, 1.54) is 0 Å². The first-order chi connectivity index (χ1) is 22.5. The molecular formula is C20H15F25N2O5. The molecule has 4 atom stereocenters. The number of halogens is 25. The second kappa shape index (κ2) is 15.1. The van der Waals surface area contributed by atoms with Crippen LogP contribution in [-0.2, 0) is 23.8 Å². The van der Waals surface area contributed by atoms with E-state index in [-0.39, 0.29) is 0 Å². The van der Waals surface area contributed by atoms with Crippen LogP contribution in [0, 0.1) is 0 Å². The maximum absolute atomic E-state index is 14.3. The molecule has 2 N–H and O–H groups in total. The summed E-state index contributed by atoms with van der Waals surface area (Å²) in [6.45, 7) is -7.20. The van der Waals surface area contributed by atoms with Crippen molar-refractivity contribution in [1.29, 1.82) is 0 Å². The largest absolute Gasteiger partial charge is 0.459 e. The number of amides is 2. The van der Waals surface area contributed by atoms with Gasteiger partial charge in [-0.1, -0.05) is 0 Å². The summed E-state index contributed by atoms with van der Waals surface area (Å²) in [5, 5.41) is 1.40. The Morgan fingerprint density at radius 3 is 1.31 bits per heavy atom. The van der Waals surface area contributed by atoms with Gasteiger partial charge in [-0.2, -0.15) is 110 Å². The van der Waals surface area contributed by atoms with Crippen LogP contribution in [0.5, 0.6) is 0 Å². The molecule has 0 aliphatic carbocycles. The van der Waals surface area contributed by atoms with Gasteiger partial charge in [0.1, 0.15) is 0 Å². The summed E-state index contributed by atoms with van der Waals surface area (Å²) in [5.41, 5.74) is 0. The number of hydrogen-bond acceptors (Lipinski definition) is 5.